The first-order valence-corrected chi connectivity index (χ1v) is 9.75. The van der Waals surface area contributed by atoms with E-state index in [4.69, 9.17) is 15.2 Å². The number of hydrogen-bond donors (Lipinski definition) is 2. The van der Waals surface area contributed by atoms with E-state index >= 15 is 0 Å². The molecule has 0 saturated carbocycles. The van der Waals surface area contributed by atoms with Gasteiger partial charge in [-0.3, -0.25) is 4.90 Å². The molecule has 0 bridgehead atoms. The molecular weight excluding hydrogens is 410 g/mol. The lowest BCUT2D eigenvalue weighted by Gasteiger charge is -2.36. The predicted octanol–water partition coefficient (Wildman–Crippen LogP) is 2.39. The van der Waals surface area contributed by atoms with Crippen molar-refractivity contribution in [2.24, 2.45) is 5.73 Å². The Morgan fingerprint density at radius 2 is 1.78 bits per heavy atom. The van der Waals surface area contributed by atoms with Gasteiger partial charge in [0.25, 0.3) is 0 Å². The summed E-state index contributed by atoms with van der Waals surface area (Å²) in [6.45, 7) is 1.60. The fraction of sp³-hybridized carbons (Fsp3) is 0.208. The average Bonchev–Trinajstić information content (AvgIpc) is 2.82. The van der Waals surface area contributed by atoms with Gasteiger partial charge in [0, 0.05) is 0 Å². The minimum atomic E-state index is -0.920. The van der Waals surface area contributed by atoms with Crippen LogP contribution in [0, 0.1) is 18.3 Å². The molecule has 1 aliphatic heterocycles. The molecule has 3 rings (SSSR count). The number of hydrogen-bond acceptors (Lipinski definition) is 8. The summed E-state index contributed by atoms with van der Waals surface area (Å²) in [4.78, 5) is 27.3. The number of nitriles is 1. The van der Waals surface area contributed by atoms with Gasteiger partial charge in [-0.05, 0) is 29.7 Å². The number of ether oxygens (including phenoxy) is 2. The number of nitrogens with zero attached hydrogens (tertiary/aromatic N) is 2. The van der Waals surface area contributed by atoms with Crippen molar-refractivity contribution in [3.8, 4) is 6.07 Å². The van der Waals surface area contributed by atoms with Crippen LogP contribution < -0.4 is 10.6 Å². The van der Waals surface area contributed by atoms with Gasteiger partial charge in [-0.15, -0.1) is 0 Å². The number of esters is 2. The highest BCUT2D eigenvalue weighted by atomic mass is 16.5. The topological polar surface area (TPSA) is 126 Å². The van der Waals surface area contributed by atoms with Gasteiger partial charge in [-0.1, -0.05) is 42.5 Å². The van der Waals surface area contributed by atoms with Crippen LogP contribution >= 0.6 is 0 Å². The van der Waals surface area contributed by atoms with Crippen LogP contribution in [0.1, 0.15) is 22.6 Å². The van der Waals surface area contributed by atoms with Crippen molar-refractivity contribution in [3.63, 3.8) is 0 Å². The summed E-state index contributed by atoms with van der Waals surface area (Å²) in [5.41, 5.74) is 8.75. The van der Waals surface area contributed by atoms with Crippen molar-refractivity contribution in [2.75, 3.05) is 19.1 Å². The zero-order valence-electron chi connectivity index (χ0n) is 18.0. The number of benzene rings is 2. The van der Waals surface area contributed by atoms with E-state index in [0.29, 0.717) is 22.4 Å². The van der Waals surface area contributed by atoms with Crippen LogP contribution in [0.25, 0.3) is 0 Å². The van der Waals surface area contributed by atoms with Gasteiger partial charge in [-0.2, -0.15) is 5.26 Å². The standard InChI is InChI=1S/C24H23N3O5/c1-14-11-15(13-28)9-10-18(14)27-21(24(30)32-3)20(23(29)31-2)19(17(12-25)22(27)26)16-7-5-4-6-8-16/h4-11,19,28H,13,26H2,1-3H3. The number of nitrogens with two attached hydrogens (primary N) is 1. The van der Waals surface area contributed by atoms with Gasteiger partial charge in [0.05, 0.1) is 49.6 Å². The van der Waals surface area contributed by atoms with E-state index in [-0.39, 0.29) is 29.3 Å². The average molecular weight is 433 g/mol. The molecule has 164 valence electrons. The van der Waals surface area contributed by atoms with E-state index < -0.39 is 17.9 Å². The maximum Gasteiger partial charge on any atom is 0.355 e. The predicted molar refractivity (Wildman–Crippen MR) is 117 cm³/mol. The molecule has 0 spiro atoms. The zero-order valence-corrected chi connectivity index (χ0v) is 18.0. The van der Waals surface area contributed by atoms with Crippen molar-refractivity contribution < 1.29 is 24.2 Å². The van der Waals surface area contributed by atoms with E-state index in [9.17, 15) is 20.0 Å². The maximum absolute atomic E-state index is 13.0. The Balaban J connectivity index is 2.41. The minimum absolute atomic E-state index is 0.00532. The normalized spacial score (nSPS) is 16.0. The van der Waals surface area contributed by atoms with Crippen LogP contribution in [0.4, 0.5) is 5.69 Å². The Bertz CT molecular complexity index is 1160. The summed E-state index contributed by atoms with van der Waals surface area (Å²) >= 11 is 0. The van der Waals surface area contributed by atoms with Crippen LogP contribution in [-0.2, 0) is 25.7 Å². The largest absolute Gasteiger partial charge is 0.466 e. The highest BCUT2D eigenvalue weighted by molar-refractivity contribution is 6.06. The molecule has 1 aliphatic rings. The summed E-state index contributed by atoms with van der Waals surface area (Å²) in [6.07, 6.45) is 0. The van der Waals surface area contributed by atoms with Crippen LogP contribution in [0.15, 0.2) is 71.2 Å². The van der Waals surface area contributed by atoms with Crippen molar-refractivity contribution >= 4 is 17.6 Å². The fourth-order valence-corrected chi connectivity index (χ4v) is 3.83. The lowest BCUT2D eigenvalue weighted by atomic mass is 9.80. The first-order valence-electron chi connectivity index (χ1n) is 9.75. The van der Waals surface area contributed by atoms with Gasteiger partial charge in [0.2, 0.25) is 0 Å². The molecule has 2 aromatic rings. The fourth-order valence-electron chi connectivity index (χ4n) is 3.83. The Morgan fingerprint density at radius 1 is 1.12 bits per heavy atom. The summed E-state index contributed by atoms with van der Waals surface area (Å²) in [5, 5.41) is 19.5. The first-order chi connectivity index (χ1) is 15.4. The van der Waals surface area contributed by atoms with Gasteiger partial charge in [0.15, 0.2) is 0 Å². The van der Waals surface area contributed by atoms with E-state index in [1.807, 2.05) is 0 Å². The molecule has 0 radical (unpaired) electrons. The van der Waals surface area contributed by atoms with Crippen LogP contribution in [0.5, 0.6) is 0 Å². The lowest BCUT2D eigenvalue weighted by Crippen LogP contribution is -2.41. The third-order valence-corrected chi connectivity index (χ3v) is 5.30. The number of carbonyl (C=O) groups excluding carboxylic acids is 2. The van der Waals surface area contributed by atoms with E-state index in [2.05, 4.69) is 6.07 Å². The number of rotatable bonds is 5. The van der Waals surface area contributed by atoms with Crippen molar-refractivity contribution in [2.45, 2.75) is 19.4 Å². The van der Waals surface area contributed by atoms with Gasteiger partial charge < -0.3 is 20.3 Å². The number of aryl methyl sites for hydroxylation is 1. The third-order valence-electron chi connectivity index (χ3n) is 5.30. The molecule has 1 unspecified atom stereocenters. The van der Waals surface area contributed by atoms with Crippen molar-refractivity contribution in [1.82, 2.24) is 0 Å². The Kier molecular flexibility index (Phi) is 6.61. The second kappa shape index (κ2) is 9.37. The molecule has 0 saturated heterocycles. The Labute approximate surface area is 185 Å². The molecule has 0 fully saturated rings. The number of carbonyl (C=O) groups is 2. The van der Waals surface area contributed by atoms with Crippen LogP contribution in [0.3, 0.4) is 0 Å². The lowest BCUT2D eigenvalue weighted by molar-refractivity contribution is -0.139. The van der Waals surface area contributed by atoms with Crippen LogP contribution in [0.2, 0.25) is 0 Å². The second-order valence-electron chi connectivity index (χ2n) is 7.11. The molecule has 0 amide bonds. The molecule has 0 aliphatic carbocycles. The minimum Gasteiger partial charge on any atom is -0.466 e. The van der Waals surface area contributed by atoms with Gasteiger partial charge >= 0.3 is 11.9 Å². The van der Waals surface area contributed by atoms with E-state index in [1.165, 1.54) is 19.1 Å². The molecule has 32 heavy (non-hydrogen) atoms. The molecular formula is C24H23N3O5. The Hall–Kier alpha value is -4.09. The van der Waals surface area contributed by atoms with Crippen molar-refractivity contribution in [3.05, 3.63) is 87.9 Å². The quantitative estimate of drug-likeness (QED) is 0.689. The second-order valence-corrected chi connectivity index (χ2v) is 7.11. The summed E-state index contributed by atoms with van der Waals surface area (Å²) in [6, 6.07) is 16.0. The number of anilines is 1. The molecule has 2 aromatic carbocycles. The monoisotopic (exact) mass is 433 g/mol. The van der Waals surface area contributed by atoms with Gasteiger partial charge in [0.1, 0.15) is 11.5 Å². The third kappa shape index (κ3) is 3.82. The summed E-state index contributed by atoms with van der Waals surface area (Å²) in [5.74, 6) is -2.52. The van der Waals surface area contributed by atoms with E-state index in [0.717, 1.165) is 0 Å². The summed E-state index contributed by atoms with van der Waals surface area (Å²) < 4.78 is 10.0. The van der Waals surface area contributed by atoms with Crippen molar-refractivity contribution in [1.29, 1.82) is 5.26 Å². The van der Waals surface area contributed by atoms with E-state index in [1.54, 1.807) is 55.5 Å². The number of aliphatic hydroxyl groups excluding tert-OH is 1. The van der Waals surface area contributed by atoms with Crippen LogP contribution in [-0.4, -0.2) is 31.3 Å². The SMILES string of the molecule is COC(=O)C1=C(C(=O)OC)N(c2ccc(CO)cc2C)C(N)=C(C#N)C1c1ccccc1. The van der Waals surface area contributed by atoms with Gasteiger partial charge in [-0.25, -0.2) is 9.59 Å². The molecule has 8 heteroatoms. The maximum atomic E-state index is 13.0. The summed E-state index contributed by atoms with van der Waals surface area (Å²) in [7, 11) is 2.40. The number of methoxy groups -OCH3 is 2. The molecule has 0 aromatic heterocycles. The molecule has 1 heterocycles. The smallest absolute Gasteiger partial charge is 0.355 e. The number of aliphatic hydroxyl groups is 1. The molecule has 3 N–H and O–H groups in total. The first kappa shape index (κ1) is 22.6. The zero-order chi connectivity index (χ0) is 23.4. The Morgan fingerprint density at radius 3 is 2.31 bits per heavy atom. The highest BCUT2D eigenvalue weighted by Crippen LogP contribution is 2.43. The molecule has 8 nitrogen and oxygen atoms in total. The molecule has 1 atom stereocenters. The number of allylic oxidation sites excluding steroid dienone is 1. The highest BCUT2D eigenvalue weighted by Gasteiger charge is 2.43.